The molecule has 2 heterocycles. The molecule has 4 aromatic rings. The minimum Gasteiger partial charge on any atom is -0.435 e. The molecule has 0 atom stereocenters. The van der Waals surface area contributed by atoms with Crippen molar-refractivity contribution in [2.24, 2.45) is 0 Å². The Morgan fingerprint density at radius 2 is 1.11 bits per heavy atom. The lowest BCUT2D eigenvalue weighted by molar-refractivity contribution is -0.476. The first-order valence-corrected chi connectivity index (χ1v) is 12.3. The summed E-state index contributed by atoms with van der Waals surface area (Å²) in [5.74, 6) is 1.95. The molecule has 0 saturated heterocycles. The Morgan fingerprint density at radius 1 is 0.556 bits per heavy atom. The van der Waals surface area contributed by atoms with Crippen LogP contribution < -0.4 is 9.47 Å². The van der Waals surface area contributed by atoms with Gasteiger partial charge in [0.25, 0.3) is 13.5 Å². The number of benzene rings is 4. The van der Waals surface area contributed by atoms with Gasteiger partial charge in [-0.15, -0.1) is 0 Å². The number of nitrogens with zero attached hydrogens (tertiary/aromatic N) is 2. The molecule has 2 aliphatic rings. The standard InChI is InChI=1S/2C16H16NO/c1-12-8-14-10-17(15-6-4-3-5-7-15)11-18-16(14)9-13(12)2;1-12-8-9-16-15(13(12)2)10-17(11-18-16)14-6-4-3-5-7-14/h2*3-10H,11H2,1-2H3/q2*+1. The number of aryl methyl sites for hydroxylation is 3. The quantitative estimate of drug-likeness (QED) is 0.296. The average molecular weight is 477 g/mol. The van der Waals surface area contributed by atoms with Gasteiger partial charge in [-0.05, 0) is 68.1 Å². The molecular weight excluding hydrogens is 444 g/mol. The molecule has 36 heavy (non-hydrogen) atoms. The summed E-state index contributed by atoms with van der Waals surface area (Å²) >= 11 is 0. The van der Waals surface area contributed by atoms with Crippen LogP contribution in [0.1, 0.15) is 33.4 Å². The van der Waals surface area contributed by atoms with Crippen LogP contribution in [0.4, 0.5) is 11.4 Å². The Labute approximate surface area is 213 Å². The number of hydrogen-bond acceptors (Lipinski definition) is 2. The molecule has 0 amide bonds. The van der Waals surface area contributed by atoms with Gasteiger partial charge in [0, 0.05) is 24.3 Å². The highest BCUT2D eigenvalue weighted by Gasteiger charge is 2.21. The third-order valence-corrected chi connectivity index (χ3v) is 6.85. The summed E-state index contributed by atoms with van der Waals surface area (Å²) in [4.78, 5) is 0. The van der Waals surface area contributed by atoms with E-state index in [1.165, 1.54) is 27.8 Å². The fourth-order valence-corrected chi connectivity index (χ4v) is 4.35. The molecule has 0 unspecified atom stereocenters. The van der Waals surface area contributed by atoms with Crippen molar-refractivity contribution in [1.82, 2.24) is 0 Å². The molecule has 0 spiro atoms. The minimum atomic E-state index is 0.569. The first kappa shape index (κ1) is 23.6. The summed E-state index contributed by atoms with van der Waals surface area (Å²) < 4.78 is 15.9. The van der Waals surface area contributed by atoms with Gasteiger partial charge in [-0.25, -0.2) is 0 Å². The fraction of sp³-hybridized carbons (Fsp3) is 0.188. The highest BCUT2D eigenvalue weighted by Crippen LogP contribution is 2.28. The minimum absolute atomic E-state index is 0.569. The van der Waals surface area contributed by atoms with Crippen LogP contribution in [0.3, 0.4) is 0 Å². The molecule has 0 bridgehead atoms. The van der Waals surface area contributed by atoms with E-state index >= 15 is 0 Å². The molecule has 0 aromatic heterocycles. The van der Waals surface area contributed by atoms with Gasteiger partial charge in [-0.3, -0.25) is 0 Å². The lowest BCUT2D eigenvalue weighted by atomic mass is 10.0. The van der Waals surface area contributed by atoms with Crippen molar-refractivity contribution in [3.63, 3.8) is 0 Å². The van der Waals surface area contributed by atoms with Gasteiger partial charge in [0.1, 0.15) is 11.5 Å². The largest absolute Gasteiger partial charge is 0.435 e. The zero-order chi connectivity index (χ0) is 25.1. The molecule has 0 saturated carbocycles. The smallest absolute Gasteiger partial charge is 0.292 e. The van der Waals surface area contributed by atoms with Crippen LogP contribution in [0, 0.1) is 27.7 Å². The number of ether oxygens (including phenoxy) is 2. The average Bonchev–Trinajstić information content (AvgIpc) is 2.92. The van der Waals surface area contributed by atoms with Crippen molar-refractivity contribution >= 4 is 23.8 Å². The molecule has 6 rings (SSSR count). The number of para-hydroxylation sites is 2. The lowest BCUT2D eigenvalue weighted by Crippen LogP contribution is -2.21. The molecule has 0 N–H and O–H groups in total. The lowest BCUT2D eigenvalue weighted by Gasteiger charge is -2.16. The van der Waals surface area contributed by atoms with E-state index in [4.69, 9.17) is 9.47 Å². The summed E-state index contributed by atoms with van der Waals surface area (Å²) in [6.45, 7) is 9.65. The first-order chi connectivity index (χ1) is 17.5. The highest BCUT2D eigenvalue weighted by molar-refractivity contribution is 5.84. The normalized spacial score (nSPS) is 13.6. The van der Waals surface area contributed by atoms with Crippen molar-refractivity contribution in [2.45, 2.75) is 27.7 Å². The molecule has 4 aromatic carbocycles. The van der Waals surface area contributed by atoms with Gasteiger partial charge in [-0.1, -0.05) is 42.5 Å². The van der Waals surface area contributed by atoms with Gasteiger partial charge in [-0.2, -0.15) is 9.15 Å². The summed E-state index contributed by atoms with van der Waals surface area (Å²) in [5, 5.41) is 0. The molecule has 180 valence electrons. The predicted octanol–water partition coefficient (Wildman–Crippen LogP) is 6.83. The van der Waals surface area contributed by atoms with E-state index in [0.29, 0.717) is 13.5 Å². The number of rotatable bonds is 2. The molecule has 4 heteroatoms. The Morgan fingerprint density at radius 3 is 1.75 bits per heavy atom. The van der Waals surface area contributed by atoms with E-state index in [9.17, 15) is 0 Å². The Balaban J connectivity index is 0.000000148. The first-order valence-electron chi connectivity index (χ1n) is 12.3. The molecule has 0 aliphatic carbocycles. The SMILES string of the molecule is Cc1cc2c(cc1C)OC[N+](c1ccccc1)=C2.Cc1ccc2c(c1C)C=[N+](c1ccccc1)CO2. The third kappa shape index (κ3) is 4.94. The molecule has 0 radical (unpaired) electrons. The summed E-state index contributed by atoms with van der Waals surface area (Å²) in [5.41, 5.74) is 9.79. The van der Waals surface area contributed by atoms with Gasteiger partial charge in [0.05, 0.1) is 11.1 Å². The summed E-state index contributed by atoms with van der Waals surface area (Å²) in [7, 11) is 0. The van der Waals surface area contributed by atoms with Crippen molar-refractivity contribution in [3.8, 4) is 11.5 Å². The van der Waals surface area contributed by atoms with E-state index in [0.717, 1.165) is 28.4 Å². The van der Waals surface area contributed by atoms with Gasteiger partial charge >= 0.3 is 0 Å². The Kier molecular flexibility index (Phi) is 6.68. The fourth-order valence-electron chi connectivity index (χ4n) is 4.35. The van der Waals surface area contributed by atoms with Crippen molar-refractivity contribution < 1.29 is 18.6 Å². The van der Waals surface area contributed by atoms with E-state index in [2.05, 4.69) is 97.8 Å². The molecule has 0 fully saturated rings. The topological polar surface area (TPSA) is 24.5 Å². The molecule has 4 nitrogen and oxygen atoms in total. The van der Waals surface area contributed by atoms with Gasteiger partial charge in [0.2, 0.25) is 11.4 Å². The van der Waals surface area contributed by atoms with E-state index in [1.807, 2.05) is 36.4 Å². The van der Waals surface area contributed by atoms with Crippen LogP contribution in [-0.4, -0.2) is 35.0 Å². The second-order valence-corrected chi connectivity index (χ2v) is 9.31. The van der Waals surface area contributed by atoms with Crippen molar-refractivity contribution in [1.29, 1.82) is 0 Å². The van der Waals surface area contributed by atoms with Crippen LogP contribution in [0.15, 0.2) is 84.9 Å². The van der Waals surface area contributed by atoms with E-state index in [-0.39, 0.29) is 0 Å². The van der Waals surface area contributed by atoms with Crippen LogP contribution in [0.2, 0.25) is 0 Å². The zero-order valence-electron chi connectivity index (χ0n) is 21.4. The summed E-state index contributed by atoms with van der Waals surface area (Å²) in [6.07, 6.45) is 4.33. The zero-order valence-corrected chi connectivity index (χ0v) is 21.4. The molecule has 2 aliphatic heterocycles. The van der Waals surface area contributed by atoms with Gasteiger partial charge < -0.3 is 9.47 Å². The maximum Gasteiger partial charge on any atom is 0.292 e. The maximum atomic E-state index is 5.82. The Bertz CT molecular complexity index is 1450. The third-order valence-electron chi connectivity index (χ3n) is 6.85. The second kappa shape index (κ2) is 10.2. The van der Waals surface area contributed by atoms with Crippen molar-refractivity contribution in [2.75, 3.05) is 13.5 Å². The molecular formula is C32H32N2O2+2. The number of hydrogen-bond donors (Lipinski definition) is 0. The Hall–Kier alpha value is -4.18. The van der Waals surface area contributed by atoms with Crippen LogP contribution in [-0.2, 0) is 0 Å². The van der Waals surface area contributed by atoms with E-state index < -0.39 is 0 Å². The highest BCUT2D eigenvalue weighted by atomic mass is 16.5. The van der Waals surface area contributed by atoms with E-state index in [1.54, 1.807) is 0 Å². The maximum absolute atomic E-state index is 5.82. The number of fused-ring (bicyclic) bond motifs is 2. The van der Waals surface area contributed by atoms with Crippen molar-refractivity contribution in [3.05, 3.63) is 118 Å². The van der Waals surface area contributed by atoms with Crippen LogP contribution in [0.5, 0.6) is 11.5 Å². The summed E-state index contributed by atoms with van der Waals surface area (Å²) in [6, 6.07) is 29.0. The van der Waals surface area contributed by atoms with Gasteiger partial charge in [0.15, 0.2) is 12.4 Å². The van der Waals surface area contributed by atoms with Crippen LogP contribution >= 0.6 is 0 Å². The monoisotopic (exact) mass is 476 g/mol. The van der Waals surface area contributed by atoms with Crippen LogP contribution in [0.25, 0.3) is 0 Å². The second-order valence-electron chi connectivity index (χ2n) is 9.31. The predicted molar refractivity (Wildman–Crippen MR) is 146 cm³/mol.